The van der Waals surface area contributed by atoms with Gasteiger partial charge in [0.15, 0.2) is 6.10 Å². The summed E-state index contributed by atoms with van der Waals surface area (Å²) in [5.41, 5.74) is 4.31. The Morgan fingerprint density at radius 3 is 2.61 bits per heavy atom. The molecule has 0 bridgehead atoms. The van der Waals surface area contributed by atoms with E-state index >= 15 is 0 Å². The van der Waals surface area contributed by atoms with Gasteiger partial charge in [0.1, 0.15) is 17.7 Å². The first-order chi connectivity index (χ1) is 26.1. The molecule has 3 heterocycles. The Morgan fingerprint density at radius 2 is 1.85 bits per heavy atom. The molecule has 0 radical (unpaired) electrons. The molecule has 11 nitrogen and oxygen atoms in total. The van der Waals surface area contributed by atoms with Gasteiger partial charge in [-0.3, -0.25) is 29.5 Å². The third-order valence-electron chi connectivity index (χ3n) is 11.2. The minimum atomic E-state index is -1.45. The number of carbonyl (C=O) groups excluding carboxylic acids is 4. The number of thiophene rings is 1. The fourth-order valence-electron chi connectivity index (χ4n) is 8.14. The van der Waals surface area contributed by atoms with E-state index in [0.29, 0.717) is 30.0 Å². The highest BCUT2D eigenvalue weighted by molar-refractivity contribution is 7.17. The second kappa shape index (κ2) is 16.8. The van der Waals surface area contributed by atoms with Gasteiger partial charge in [-0.25, -0.2) is 0 Å². The monoisotopic (exact) mass is 775 g/mol. The molecule has 2 aliphatic heterocycles. The van der Waals surface area contributed by atoms with Crippen LogP contribution in [-0.4, -0.2) is 76.1 Å². The largest absolute Gasteiger partial charge is 0.381 e. The van der Waals surface area contributed by atoms with E-state index in [1.807, 2.05) is 54.8 Å². The SMILES string of the molecule is CCCC(NC(=O)C1CC2(C=C(c3cccc(Cl)c3)NO2)CN1C(=O)C(Cc1csc2ccccc12)NC(=O)CC1CCCCC1)C(O)C(=O)NC1CC1. The molecule has 7 rings (SSSR count). The Hall–Kier alpha value is -3.97. The van der Waals surface area contributed by atoms with Gasteiger partial charge in [-0.15, -0.1) is 11.3 Å². The molecule has 13 heteroatoms. The van der Waals surface area contributed by atoms with Crippen molar-refractivity contribution >= 4 is 62.3 Å². The van der Waals surface area contributed by atoms with Crippen molar-refractivity contribution < 1.29 is 29.1 Å². The van der Waals surface area contributed by atoms with Crippen molar-refractivity contribution in [2.24, 2.45) is 5.92 Å². The second-order valence-electron chi connectivity index (χ2n) is 15.4. The molecule has 5 N–H and O–H groups in total. The zero-order valence-corrected chi connectivity index (χ0v) is 32.2. The van der Waals surface area contributed by atoms with Crippen LogP contribution in [0.4, 0.5) is 0 Å². The van der Waals surface area contributed by atoms with Gasteiger partial charge in [0.2, 0.25) is 17.7 Å². The first-order valence-corrected chi connectivity index (χ1v) is 20.6. The average Bonchev–Trinajstić information content (AvgIpc) is 3.56. The molecule has 1 saturated heterocycles. The third-order valence-corrected chi connectivity index (χ3v) is 12.4. The summed E-state index contributed by atoms with van der Waals surface area (Å²) < 4.78 is 1.08. The van der Waals surface area contributed by atoms with Crippen molar-refractivity contribution in [3.05, 3.63) is 76.1 Å². The molecule has 288 valence electrons. The quantitative estimate of drug-likeness (QED) is 0.148. The maximum atomic E-state index is 15.0. The summed E-state index contributed by atoms with van der Waals surface area (Å²) in [5, 5.41) is 23.6. The van der Waals surface area contributed by atoms with E-state index in [0.717, 1.165) is 59.7 Å². The molecule has 4 amide bonds. The van der Waals surface area contributed by atoms with Crippen molar-refractivity contribution in [3.63, 3.8) is 0 Å². The molecular weight excluding hydrogens is 726 g/mol. The van der Waals surface area contributed by atoms with Crippen molar-refractivity contribution in [1.82, 2.24) is 26.3 Å². The number of benzene rings is 2. The molecule has 1 spiro atoms. The Bertz CT molecular complexity index is 1890. The zero-order chi connectivity index (χ0) is 37.8. The normalized spacial score (nSPS) is 23.1. The molecule has 2 saturated carbocycles. The molecule has 4 aliphatic rings. The summed E-state index contributed by atoms with van der Waals surface area (Å²) in [6.07, 6.45) is 9.20. The molecule has 5 atom stereocenters. The predicted molar refractivity (Wildman–Crippen MR) is 209 cm³/mol. The number of aliphatic hydroxyl groups excluding tert-OH is 1. The van der Waals surface area contributed by atoms with Crippen LogP contribution in [0.1, 0.15) is 88.7 Å². The maximum Gasteiger partial charge on any atom is 0.251 e. The van der Waals surface area contributed by atoms with Crippen LogP contribution in [0.25, 0.3) is 15.8 Å². The minimum Gasteiger partial charge on any atom is -0.381 e. The number of hydrogen-bond acceptors (Lipinski definition) is 8. The third kappa shape index (κ3) is 8.94. The summed E-state index contributed by atoms with van der Waals surface area (Å²) in [5.74, 6) is -1.32. The highest BCUT2D eigenvalue weighted by Gasteiger charge is 2.53. The summed E-state index contributed by atoms with van der Waals surface area (Å²) in [6.45, 7) is 1.95. The Labute approximate surface area is 325 Å². The molecule has 2 aromatic carbocycles. The van der Waals surface area contributed by atoms with Crippen LogP contribution in [0.15, 0.2) is 60.0 Å². The van der Waals surface area contributed by atoms with E-state index in [4.69, 9.17) is 16.4 Å². The van der Waals surface area contributed by atoms with Gasteiger partial charge in [0, 0.05) is 40.6 Å². The van der Waals surface area contributed by atoms with E-state index in [9.17, 15) is 24.3 Å². The number of halogens is 1. The highest BCUT2D eigenvalue weighted by atomic mass is 35.5. The van der Waals surface area contributed by atoms with Crippen molar-refractivity contribution in [2.75, 3.05) is 6.54 Å². The number of aliphatic hydroxyl groups is 1. The van der Waals surface area contributed by atoms with Gasteiger partial charge in [-0.1, -0.05) is 74.5 Å². The number of nitrogens with zero attached hydrogens (tertiary/aromatic N) is 1. The lowest BCUT2D eigenvalue weighted by Gasteiger charge is -2.31. The second-order valence-corrected chi connectivity index (χ2v) is 16.8. The molecule has 2 aliphatic carbocycles. The zero-order valence-electron chi connectivity index (χ0n) is 30.7. The molecule has 1 aromatic heterocycles. The number of hydrogen-bond donors (Lipinski definition) is 5. The number of amides is 4. The Balaban J connectivity index is 1.19. The van der Waals surface area contributed by atoms with Gasteiger partial charge < -0.3 is 26.0 Å². The van der Waals surface area contributed by atoms with Crippen LogP contribution in [-0.2, 0) is 30.4 Å². The molecular formula is C41H50ClN5O6S. The number of carbonyl (C=O) groups is 4. The lowest BCUT2D eigenvalue weighted by atomic mass is 9.86. The van der Waals surface area contributed by atoms with Crippen LogP contribution in [0.3, 0.4) is 0 Å². The summed E-state index contributed by atoms with van der Waals surface area (Å²) >= 11 is 7.89. The Morgan fingerprint density at radius 1 is 1.06 bits per heavy atom. The van der Waals surface area contributed by atoms with Crippen LogP contribution in [0.2, 0.25) is 5.02 Å². The molecule has 3 aromatic rings. The molecule has 54 heavy (non-hydrogen) atoms. The molecule has 5 unspecified atom stereocenters. The molecule has 3 fully saturated rings. The number of nitrogens with one attached hydrogen (secondary N) is 4. The minimum absolute atomic E-state index is 0.0313. The predicted octanol–water partition coefficient (Wildman–Crippen LogP) is 5.39. The first kappa shape index (κ1) is 38.3. The van der Waals surface area contributed by atoms with E-state index in [1.165, 1.54) is 11.3 Å². The number of likely N-dealkylation sites (tertiary alicyclic amines) is 1. The summed E-state index contributed by atoms with van der Waals surface area (Å²) in [4.78, 5) is 63.7. The summed E-state index contributed by atoms with van der Waals surface area (Å²) in [7, 11) is 0. The van der Waals surface area contributed by atoms with Gasteiger partial charge in [0.25, 0.3) is 5.91 Å². The average molecular weight is 776 g/mol. The van der Waals surface area contributed by atoms with Crippen molar-refractivity contribution in [2.45, 2.75) is 120 Å². The summed E-state index contributed by atoms with van der Waals surface area (Å²) in [6, 6.07) is 12.5. The number of fused-ring (bicyclic) bond motifs is 1. The fourth-order valence-corrected chi connectivity index (χ4v) is 9.30. The lowest BCUT2D eigenvalue weighted by Crippen LogP contribution is -2.57. The van der Waals surface area contributed by atoms with E-state index in [2.05, 4.69) is 21.4 Å². The topological polar surface area (TPSA) is 149 Å². The van der Waals surface area contributed by atoms with Gasteiger partial charge >= 0.3 is 0 Å². The van der Waals surface area contributed by atoms with Gasteiger partial charge in [-0.2, -0.15) is 0 Å². The highest BCUT2D eigenvalue weighted by Crippen LogP contribution is 2.39. The van der Waals surface area contributed by atoms with Crippen molar-refractivity contribution in [1.29, 1.82) is 0 Å². The smallest absolute Gasteiger partial charge is 0.251 e. The van der Waals surface area contributed by atoms with Crippen LogP contribution in [0.5, 0.6) is 0 Å². The fraction of sp³-hybridized carbons (Fsp3) is 0.512. The number of hydroxylamine groups is 1. The standard InChI is InChI=1S/C41H50ClN5O6S/c1-2-9-31(37(49)39(51)43-29-16-17-29)45-38(50)34-22-41(21-33(46-53-41)26-12-8-13-28(42)19-26)24-47(34)40(52)32(44-36(48)18-25-10-4-3-5-11-25)20-27-23-54-35-15-7-6-14-30(27)35/h6-8,12-15,19,21,23,25,29,31-32,34,37,46,49H,2-5,9-11,16-18,20,22,24H2,1H3,(H,43,51)(H,44,48)(H,45,50). The maximum absolute atomic E-state index is 15.0. The number of rotatable bonds is 14. The Kier molecular flexibility index (Phi) is 11.9. The van der Waals surface area contributed by atoms with E-state index in [-0.39, 0.29) is 37.3 Å². The van der Waals surface area contributed by atoms with Gasteiger partial charge in [-0.05, 0) is 78.6 Å². The first-order valence-electron chi connectivity index (χ1n) is 19.4. The van der Waals surface area contributed by atoms with Crippen molar-refractivity contribution in [3.8, 4) is 0 Å². The van der Waals surface area contributed by atoms with Crippen LogP contribution in [0, 0.1) is 5.92 Å². The lowest BCUT2D eigenvalue weighted by molar-refractivity contribution is -0.142. The van der Waals surface area contributed by atoms with Crippen LogP contribution < -0.4 is 21.4 Å². The van der Waals surface area contributed by atoms with Gasteiger partial charge in [0.05, 0.1) is 18.3 Å². The van der Waals surface area contributed by atoms with Crippen LogP contribution >= 0.6 is 22.9 Å². The van der Waals surface area contributed by atoms with E-state index < -0.39 is 47.6 Å². The van der Waals surface area contributed by atoms with E-state index in [1.54, 1.807) is 23.5 Å².